The van der Waals surface area contributed by atoms with Crippen LogP contribution in [-0.4, -0.2) is 31.3 Å². The van der Waals surface area contributed by atoms with Crippen LogP contribution in [0, 0.1) is 0 Å². The van der Waals surface area contributed by atoms with Gasteiger partial charge in [-0.1, -0.05) is 19.4 Å². The standard InChI is InChI=1S/C16H26N2O/c1-4-7-14(19-3)16(17-2)13-10-5-8-12-9-6-11-18-15(12)13/h6,9,11,13-14,16-17H,4-5,7-8,10H2,1-3H3. The number of fused-ring (bicyclic) bond motifs is 1. The molecule has 0 saturated heterocycles. The summed E-state index contributed by atoms with van der Waals surface area (Å²) in [5, 5.41) is 3.48. The van der Waals surface area contributed by atoms with Gasteiger partial charge >= 0.3 is 0 Å². The fourth-order valence-corrected chi connectivity index (χ4v) is 3.37. The Kier molecular flexibility index (Phi) is 5.34. The van der Waals surface area contributed by atoms with E-state index in [1.165, 1.54) is 30.5 Å². The van der Waals surface area contributed by atoms with Gasteiger partial charge in [-0.25, -0.2) is 0 Å². The molecule has 0 bridgehead atoms. The zero-order chi connectivity index (χ0) is 13.7. The van der Waals surface area contributed by atoms with Crippen molar-refractivity contribution in [1.29, 1.82) is 0 Å². The average Bonchev–Trinajstić information content (AvgIpc) is 2.47. The predicted molar refractivity (Wildman–Crippen MR) is 78.5 cm³/mol. The maximum atomic E-state index is 5.72. The van der Waals surface area contributed by atoms with Crippen LogP contribution < -0.4 is 5.32 Å². The first kappa shape index (κ1) is 14.5. The summed E-state index contributed by atoms with van der Waals surface area (Å²) in [6.45, 7) is 2.21. The van der Waals surface area contributed by atoms with Crippen LogP contribution in [0.3, 0.4) is 0 Å². The third-order valence-corrected chi connectivity index (χ3v) is 4.28. The van der Waals surface area contributed by atoms with Crippen molar-refractivity contribution in [2.45, 2.75) is 57.1 Å². The van der Waals surface area contributed by atoms with E-state index in [1.807, 2.05) is 20.4 Å². The van der Waals surface area contributed by atoms with E-state index in [2.05, 4.69) is 29.4 Å². The zero-order valence-corrected chi connectivity index (χ0v) is 12.4. The molecular formula is C16H26N2O. The van der Waals surface area contributed by atoms with Gasteiger partial charge in [0.2, 0.25) is 0 Å². The molecule has 0 fully saturated rings. The van der Waals surface area contributed by atoms with Crippen molar-refractivity contribution in [2.24, 2.45) is 0 Å². The summed E-state index contributed by atoms with van der Waals surface area (Å²) in [6.07, 6.45) is 8.07. The number of aromatic nitrogens is 1. The van der Waals surface area contributed by atoms with Gasteiger partial charge in [-0.05, 0) is 44.4 Å². The lowest BCUT2D eigenvalue weighted by Crippen LogP contribution is -2.44. The Balaban J connectivity index is 2.24. The molecule has 19 heavy (non-hydrogen) atoms. The van der Waals surface area contributed by atoms with Crippen LogP contribution in [0.4, 0.5) is 0 Å². The zero-order valence-electron chi connectivity index (χ0n) is 12.4. The lowest BCUT2D eigenvalue weighted by Gasteiger charge is -2.35. The molecule has 0 amide bonds. The largest absolute Gasteiger partial charge is 0.380 e. The van der Waals surface area contributed by atoms with Gasteiger partial charge in [0.1, 0.15) is 0 Å². The molecule has 0 aromatic carbocycles. The molecule has 1 aromatic rings. The summed E-state index contributed by atoms with van der Waals surface area (Å²) >= 11 is 0. The van der Waals surface area contributed by atoms with Gasteiger partial charge in [-0.3, -0.25) is 4.98 Å². The van der Waals surface area contributed by atoms with Crippen LogP contribution >= 0.6 is 0 Å². The first-order valence-electron chi connectivity index (χ1n) is 7.45. The number of pyridine rings is 1. The number of hydrogen-bond acceptors (Lipinski definition) is 3. The third-order valence-electron chi connectivity index (χ3n) is 4.28. The number of aryl methyl sites for hydroxylation is 1. The van der Waals surface area contributed by atoms with E-state index in [9.17, 15) is 0 Å². The number of nitrogens with one attached hydrogen (secondary N) is 1. The molecule has 1 heterocycles. The number of methoxy groups -OCH3 is 1. The second-order valence-corrected chi connectivity index (χ2v) is 5.42. The van der Waals surface area contributed by atoms with E-state index >= 15 is 0 Å². The van der Waals surface area contributed by atoms with Crippen molar-refractivity contribution in [3.05, 3.63) is 29.6 Å². The molecule has 1 aromatic heterocycles. The van der Waals surface area contributed by atoms with Gasteiger partial charge in [-0.15, -0.1) is 0 Å². The molecule has 3 unspecified atom stereocenters. The molecule has 3 nitrogen and oxygen atoms in total. The molecule has 1 N–H and O–H groups in total. The number of rotatable bonds is 6. The summed E-state index contributed by atoms with van der Waals surface area (Å²) in [6, 6.07) is 4.64. The maximum Gasteiger partial charge on any atom is 0.0730 e. The molecule has 0 spiro atoms. The van der Waals surface area contributed by atoms with Gasteiger partial charge in [0.25, 0.3) is 0 Å². The van der Waals surface area contributed by atoms with Crippen molar-refractivity contribution in [1.82, 2.24) is 10.3 Å². The molecule has 0 saturated carbocycles. The molecule has 3 heteroatoms. The van der Waals surface area contributed by atoms with Gasteiger partial charge in [0.15, 0.2) is 0 Å². The van der Waals surface area contributed by atoms with Crippen molar-refractivity contribution < 1.29 is 4.74 Å². The Morgan fingerprint density at radius 1 is 1.53 bits per heavy atom. The first-order valence-corrected chi connectivity index (χ1v) is 7.45. The summed E-state index contributed by atoms with van der Waals surface area (Å²) in [4.78, 5) is 4.65. The van der Waals surface area contributed by atoms with Gasteiger partial charge in [0, 0.05) is 31.0 Å². The highest BCUT2D eigenvalue weighted by molar-refractivity contribution is 5.27. The van der Waals surface area contributed by atoms with E-state index in [4.69, 9.17) is 4.74 Å². The third kappa shape index (κ3) is 3.15. The highest BCUT2D eigenvalue weighted by Crippen LogP contribution is 2.34. The summed E-state index contributed by atoms with van der Waals surface area (Å²) < 4.78 is 5.72. The van der Waals surface area contributed by atoms with E-state index in [0.717, 1.165) is 12.8 Å². The fourth-order valence-electron chi connectivity index (χ4n) is 3.37. The predicted octanol–water partition coefficient (Wildman–Crippen LogP) is 2.90. The second-order valence-electron chi connectivity index (χ2n) is 5.42. The van der Waals surface area contributed by atoms with Crippen LogP contribution in [0.5, 0.6) is 0 Å². The Morgan fingerprint density at radius 3 is 3.05 bits per heavy atom. The van der Waals surface area contributed by atoms with Crippen molar-refractivity contribution in [3.8, 4) is 0 Å². The van der Waals surface area contributed by atoms with E-state index in [-0.39, 0.29) is 6.10 Å². The SMILES string of the molecule is CCCC(OC)C(NC)C1CCCc2cccnc21. The molecular weight excluding hydrogens is 236 g/mol. The second kappa shape index (κ2) is 7.01. The van der Waals surface area contributed by atoms with Crippen LogP contribution in [0.25, 0.3) is 0 Å². The maximum absolute atomic E-state index is 5.72. The van der Waals surface area contributed by atoms with E-state index < -0.39 is 0 Å². The molecule has 0 aliphatic heterocycles. The Labute approximate surface area is 116 Å². The summed E-state index contributed by atoms with van der Waals surface area (Å²) in [5.74, 6) is 0.478. The minimum absolute atomic E-state index is 0.271. The molecule has 106 valence electrons. The van der Waals surface area contributed by atoms with Gasteiger partial charge in [0.05, 0.1) is 6.10 Å². The number of nitrogens with zero attached hydrogens (tertiary/aromatic N) is 1. The highest BCUT2D eigenvalue weighted by Gasteiger charge is 2.33. The molecule has 1 aliphatic carbocycles. The number of ether oxygens (including phenoxy) is 1. The van der Waals surface area contributed by atoms with Crippen LogP contribution in [0.2, 0.25) is 0 Å². The van der Waals surface area contributed by atoms with Crippen LogP contribution in [-0.2, 0) is 11.2 Å². The topological polar surface area (TPSA) is 34.1 Å². The minimum Gasteiger partial charge on any atom is -0.380 e. The summed E-state index contributed by atoms with van der Waals surface area (Å²) in [5.41, 5.74) is 2.71. The fraction of sp³-hybridized carbons (Fsp3) is 0.688. The molecule has 1 aliphatic rings. The minimum atomic E-state index is 0.271. The van der Waals surface area contributed by atoms with Crippen molar-refractivity contribution in [2.75, 3.05) is 14.2 Å². The normalized spacial score (nSPS) is 21.7. The van der Waals surface area contributed by atoms with E-state index in [0.29, 0.717) is 12.0 Å². The van der Waals surface area contributed by atoms with Crippen molar-refractivity contribution >= 4 is 0 Å². The van der Waals surface area contributed by atoms with Crippen LogP contribution in [0.15, 0.2) is 18.3 Å². The average molecular weight is 262 g/mol. The molecule has 2 rings (SSSR count). The Bertz CT molecular complexity index is 394. The monoisotopic (exact) mass is 262 g/mol. The smallest absolute Gasteiger partial charge is 0.0730 e. The van der Waals surface area contributed by atoms with Gasteiger partial charge in [-0.2, -0.15) is 0 Å². The van der Waals surface area contributed by atoms with Gasteiger partial charge < -0.3 is 10.1 Å². The first-order chi connectivity index (χ1) is 9.31. The van der Waals surface area contributed by atoms with E-state index in [1.54, 1.807) is 0 Å². The molecule has 0 radical (unpaired) electrons. The Morgan fingerprint density at radius 2 is 2.37 bits per heavy atom. The quantitative estimate of drug-likeness (QED) is 0.856. The van der Waals surface area contributed by atoms with Crippen LogP contribution in [0.1, 0.15) is 49.8 Å². The lowest BCUT2D eigenvalue weighted by molar-refractivity contribution is 0.0516. The molecule has 3 atom stereocenters. The van der Waals surface area contributed by atoms with Crippen molar-refractivity contribution in [3.63, 3.8) is 0 Å². The number of likely N-dealkylation sites (N-methyl/N-ethyl adjacent to an activating group) is 1. The number of hydrogen-bond donors (Lipinski definition) is 1. The Hall–Kier alpha value is -0.930. The lowest BCUT2D eigenvalue weighted by atomic mass is 9.79. The highest BCUT2D eigenvalue weighted by atomic mass is 16.5. The summed E-state index contributed by atoms with van der Waals surface area (Å²) in [7, 11) is 3.87.